The highest BCUT2D eigenvalue weighted by molar-refractivity contribution is 7.20. The Morgan fingerprint density at radius 3 is 2.45 bits per heavy atom. The number of methoxy groups -OCH3 is 2. The minimum absolute atomic E-state index is 0.0579. The molecule has 152 valence electrons. The number of nitrogens with one attached hydrogen (secondary N) is 1. The van der Waals surface area contributed by atoms with Gasteiger partial charge in [-0.15, -0.1) is 0 Å². The molecule has 1 N–H and O–H groups in total. The Labute approximate surface area is 173 Å². The lowest BCUT2D eigenvalue weighted by atomic mass is 10.1. The maximum absolute atomic E-state index is 12.5. The maximum Gasteiger partial charge on any atom is 0.321 e. The Bertz CT molecular complexity index is 981. The fourth-order valence-corrected chi connectivity index (χ4v) is 4.12. The number of benzene rings is 2. The van der Waals surface area contributed by atoms with Gasteiger partial charge in [-0.25, -0.2) is 9.78 Å². The van der Waals surface area contributed by atoms with Gasteiger partial charge >= 0.3 is 6.03 Å². The molecule has 1 aliphatic heterocycles. The first-order chi connectivity index (χ1) is 14.1. The van der Waals surface area contributed by atoms with Gasteiger partial charge in [0.15, 0.2) is 0 Å². The van der Waals surface area contributed by atoms with Crippen LogP contribution in [0.25, 0.3) is 10.2 Å². The number of carbonyl (C=O) groups is 1. The van der Waals surface area contributed by atoms with E-state index in [4.69, 9.17) is 14.2 Å². The summed E-state index contributed by atoms with van der Waals surface area (Å²) in [5.74, 6) is 1.54. The number of ether oxygens (including phenoxy) is 3. The van der Waals surface area contributed by atoms with Gasteiger partial charge in [0.1, 0.15) is 17.6 Å². The number of hydrogen-bond acceptors (Lipinski definition) is 6. The van der Waals surface area contributed by atoms with Crippen molar-refractivity contribution in [1.29, 1.82) is 0 Å². The number of anilines is 1. The van der Waals surface area contributed by atoms with Crippen molar-refractivity contribution in [3.05, 3.63) is 42.5 Å². The van der Waals surface area contributed by atoms with Gasteiger partial charge in [0.05, 0.1) is 24.4 Å². The predicted octanol–water partition coefficient (Wildman–Crippen LogP) is 4.39. The number of amides is 2. The van der Waals surface area contributed by atoms with Crippen LogP contribution in [0.15, 0.2) is 42.5 Å². The number of nitrogens with zero attached hydrogens (tertiary/aromatic N) is 2. The van der Waals surface area contributed by atoms with Gasteiger partial charge < -0.3 is 24.4 Å². The normalized spacial score (nSPS) is 14.6. The molecule has 0 unspecified atom stereocenters. The van der Waals surface area contributed by atoms with E-state index >= 15 is 0 Å². The molecule has 2 heterocycles. The Balaban J connectivity index is 1.30. The largest absolute Gasteiger partial charge is 0.497 e. The minimum atomic E-state index is -0.0966. The first-order valence-electron chi connectivity index (χ1n) is 9.46. The smallest absolute Gasteiger partial charge is 0.321 e. The highest BCUT2D eigenvalue weighted by Gasteiger charge is 2.25. The van der Waals surface area contributed by atoms with Gasteiger partial charge in [-0.3, -0.25) is 0 Å². The number of aromatic nitrogens is 1. The Hall–Kier alpha value is -3.00. The fourth-order valence-electron chi connectivity index (χ4n) is 3.26. The molecule has 0 aliphatic carbocycles. The van der Waals surface area contributed by atoms with E-state index in [-0.39, 0.29) is 12.1 Å². The van der Waals surface area contributed by atoms with Gasteiger partial charge in [0.25, 0.3) is 5.19 Å². The van der Waals surface area contributed by atoms with Crippen molar-refractivity contribution >= 4 is 33.3 Å². The number of fused-ring (bicyclic) bond motifs is 1. The van der Waals surface area contributed by atoms with Crippen LogP contribution in [0.1, 0.15) is 12.8 Å². The lowest BCUT2D eigenvalue weighted by Crippen LogP contribution is -2.43. The van der Waals surface area contributed by atoms with Crippen LogP contribution in [0.3, 0.4) is 0 Å². The van der Waals surface area contributed by atoms with Crippen molar-refractivity contribution in [3.63, 3.8) is 0 Å². The zero-order valence-electron chi connectivity index (χ0n) is 16.4. The number of rotatable bonds is 5. The van der Waals surface area contributed by atoms with E-state index < -0.39 is 0 Å². The molecule has 3 aromatic rings. The van der Waals surface area contributed by atoms with E-state index in [1.165, 1.54) is 11.3 Å². The number of likely N-dealkylation sites (tertiary alicyclic amines) is 1. The zero-order chi connectivity index (χ0) is 20.2. The van der Waals surface area contributed by atoms with Crippen LogP contribution in [-0.2, 0) is 0 Å². The molecular weight excluding hydrogens is 390 g/mol. The standard InChI is InChI=1S/C21H23N3O4S/c1-26-15-5-3-14(4-6-15)22-20(25)24-11-9-16(10-12-24)28-21-23-18-13-17(27-2)7-8-19(18)29-21/h3-8,13,16H,9-12H2,1-2H3,(H,22,25). The van der Waals surface area contributed by atoms with E-state index in [1.54, 1.807) is 14.2 Å². The molecule has 1 fully saturated rings. The summed E-state index contributed by atoms with van der Waals surface area (Å²) in [6.07, 6.45) is 1.60. The molecule has 8 heteroatoms. The number of hydrogen-bond donors (Lipinski definition) is 1. The summed E-state index contributed by atoms with van der Waals surface area (Å²) in [6.45, 7) is 1.29. The third-order valence-electron chi connectivity index (χ3n) is 4.91. The average Bonchev–Trinajstić information content (AvgIpc) is 3.16. The molecule has 0 saturated carbocycles. The molecule has 29 heavy (non-hydrogen) atoms. The number of piperidine rings is 1. The summed E-state index contributed by atoms with van der Waals surface area (Å²) in [7, 11) is 3.26. The monoisotopic (exact) mass is 413 g/mol. The Morgan fingerprint density at radius 2 is 1.76 bits per heavy atom. The average molecular weight is 413 g/mol. The van der Waals surface area contributed by atoms with Crippen LogP contribution in [0, 0.1) is 0 Å². The van der Waals surface area contributed by atoms with Crippen LogP contribution < -0.4 is 19.5 Å². The molecule has 0 bridgehead atoms. The van der Waals surface area contributed by atoms with Crippen molar-refractivity contribution in [1.82, 2.24) is 9.88 Å². The maximum atomic E-state index is 12.5. The van der Waals surface area contributed by atoms with Crippen molar-refractivity contribution < 1.29 is 19.0 Å². The van der Waals surface area contributed by atoms with E-state index in [9.17, 15) is 4.79 Å². The number of urea groups is 1. The SMILES string of the molecule is COc1ccc(NC(=O)N2CCC(Oc3nc4cc(OC)ccc4s3)CC2)cc1. The zero-order valence-corrected chi connectivity index (χ0v) is 17.2. The van der Waals surface area contributed by atoms with Crippen LogP contribution in [0.5, 0.6) is 16.7 Å². The van der Waals surface area contributed by atoms with E-state index in [1.807, 2.05) is 47.4 Å². The van der Waals surface area contributed by atoms with Gasteiger partial charge in [0.2, 0.25) is 0 Å². The highest BCUT2D eigenvalue weighted by atomic mass is 32.1. The lowest BCUT2D eigenvalue weighted by molar-refractivity contribution is 0.115. The molecule has 2 aromatic carbocycles. The second kappa shape index (κ2) is 8.57. The van der Waals surface area contributed by atoms with Crippen molar-refractivity contribution in [3.8, 4) is 16.7 Å². The Morgan fingerprint density at radius 1 is 1.07 bits per heavy atom. The molecular formula is C21H23N3O4S. The van der Waals surface area contributed by atoms with Crippen LogP contribution in [-0.4, -0.2) is 49.3 Å². The third kappa shape index (κ3) is 4.54. The van der Waals surface area contributed by atoms with Crippen LogP contribution in [0.4, 0.5) is 10.5 Å². The fraction of sp³-hybridized carbons (Fsp3) is 0.333. The first-order valence-corrected chi connectivity index (χ1v) is 10.3. The van der Waals surface area contributed by atoms with Crippen molar-refractivity contribution in [2.45, 2.75) is 18.9 Å². The van der Waals surface area contributed by atoms with Crippen molar-refractivity contribution in [2.75, 3.05) is 32.6 Å². The third-order valence-corrected chi connectivity index (χ3v) is 5.84. The summed E-state index contributed by atoms with van der Waals surface area (Å²) in [5, 5.41) is 3.59. The molecule has 1 saturated heterocycles. The molecule has 0 radical (unpaired) electrons. The van der Waals surface area contributed by atoms with Gasteiger partial charge in [-0.2, -0.15) is 0 Å². The molecule has 1 aliphatic rings. The number of carbonyl (C=O) groups excluding carboxylic acids is 1. The first kappa shape index (κ1) is 19.3. The molecule has 2 amide bonds. The van der Waals surface area contributed by atoms with Gasteiger partial charge in [-0.1, -0.05) is 11.3 Å². The number of thiazole rings is 1. The Kier molecular flexibility index (Phi) is 5.71. The lowest BCUT2D eigenvalue weighted by Gasteiger charge is -2.31. The summed E-state index contributed by atoms with van der Waals surface area (Å²) < 4.78 is 17.5. The van der Waals surface area contributed by atoms with E-state index in [0.29, 0.717) is 18.3 Å². The molecule has 7 nitrogen and oxygen atoms in total. The molecule has 0 atom stereocenters. The molecule has 1 aromatic heterocycles. The molecule has 4 rings (SSSR count). The topological polar surface area (TPSA) is 72.9 Å². The second-order valence-electron chi connectivity index (χ2n) is 6.78. The highest BCUT2D eigenvalue weighted by Crippen LogP contribution is 2.32. The van der Waals surface area contributed by atoms with Crippen molar-refractivity contribution in [2.24, 2.45) is 0 Å². The van der Waals surface area contributed by atoms with Gasteiger partial charge in [-0.05, 0) is 36.4 Å². The predicted molar refractivity (Wildman–Crippen MR) is 113 cm³/mol. The second-order valence-corrected chi connectivity index (χ2v) is 7.77. The van der Waals surface area contributed by atoms with E-state index in [0.717, 1.165) is 40.2 Å². The molecule has 0 spiro atoms. The quantitative estimate of drug-likeness (QED) is 0.672. The minimum Gasteiger partial charge on any atom is -0.497 e. The van der Waals surface area contributed by atoms with Crippen LogP contribution >= 0.6 is 11.3 Å². The van der Waals surface area contributed by atoms with Crippen LogP contribution in [0.2, 0.25) is 0 Å². The van der Waals surface area contributed by atoms with E-state index in [2.05, 4.69) is 10.3 Å². The summed E-state index contributed by atoms with van der Waals surface area (Å²) in [4.78, 5) is 18.9. The summed E-state index contributed by atoms with van der Waals surface area (Å²) in [6, 6.07) is 13.0. The van der Waals surface area contributed by atoms with Gasteiger partial charge in [0, 0.05) is 37.7 Å². The summed E-state index contributed by atoms with van der Waals surface area (Å²) in [5.41, 5.74) is 1.62. The summed E-state index contributed by atoms with van der Waals surface area (Å²) >= 11 is 1.53.